The molecule has 0 aliphatic rings. The second-order valence-corrected chi connectivity index (χ2v) is 7.46. The number of nitrogens with zero attached hydrogens (tertiary/aromatic N) is 1. The maximum Gasteiger partial charge on any atom is 0.266 e. The fraction of sp³-hybridized carbons (Fsp3) is 0.185. The molecule has 0 aromatic heterocycles. The summed E-state index contributed by atoms with van der Waals surface area (Å²) in [6, 6.07) is 19.1. The molecule has 0 spiro atoms. The minimum Gasteiger partial charge on any atom is -0.490 e. The number of carbonyl (C=O) groups excluding carboxylic acids is 1. The number of rotatable bonds is 8. The maximum atomic E-state index is 13.9. The monoisotopic (exact) mass is 444 g/mol. The highest BCUT2D eigenvalue weighted by molar-refractivity contribution is 6.10. The molecule has 1 N–H and O–H groups in total. The fourth-order valence-electron chi connectivity index (χ4n) is 3.23. The van der Waals surface area contributed by atoms with Crippen molar-refractivity contribution in [1.82, 2.24) is 0 Å². The number of carbonyl (C=O) groups is 1. The van der Waals surface area contributed by atoms with Gasteiger partial charge in [0.25, 0.3) is 5.91 Å². The number of benzene rings is 3. The first-order valence-electron chi connectivity index (χ1n) is 10.5. The van der Waals surface area contributed by atoms with Crippen LogP contribution in [0, 0.1) is 31.0 Å². The lowest BCUT2D eigenvalue weighted by Crippen LogP contribution is -2.14. The van der Waals surface area contributed by atoms with Crippen LogP contribution in [0.2, 0.25) is 0 Å². The van der Waals surface area contributed by atoms with E-state index in [0.717, 1.165) is 11.1 Å². The molecule has 1 amide bonds. The zero-order valence-corrected chi connectivity index (χ0v) is 18.8. The molecule has 0 radical (unpaired) electrons. The molecule has 0 saturated carbocycles. The van der Waals surface area contributed by atoms with Crippen molar-refractivity contribution in [2.75, 3.05) is 11.9 Å². The van der Waals surface area contributed by atoms with Gasteiger partial charge in [-0.3, -0.25) is 4.79 Å². The van der Waals surface area contributed by atoms with E-state index in [1.807, 2.05) is 45.0 Å². The van der Waals surface area contributed by atoms with Gasteiger partial charge in [-0.15, -0.1) is 0 Å². The zero-order valence-electron chi connectivity index (χ0n) is 18.8. The van der Waals surface area contributed by atoms with Crippen LogP contribution in [-0.2, 0) is 11.4 Å². The summed E-state index contributed by atoms with van der Waals surface area (Å²) in [5.41, 5.74) is 3.64. The van der Waals surface area contributed by atoms with Crippen molar-refractivity contribution in [1.29, 1.82) is 5.26 Å². The van der Waals surface area contributed by atoms with Crippen molar-refractivity contribution in [3.05, 3.63) is 94.3 Å². The normalized spacial score (nSPS) is 10.9. The Balaban J connectivity index is 1.80. The average Bonchev–Trinajstić information content (AvgIpc) is 2.80. The van der Waals surface area contributed by atoms with Crippen LogP contribution in [0.1, 0.15) is 29.2 Å². The van der Waals surface area contributed by atoms with E-state index in [0.29, 0.717) is 34.9 Å². The second kappa shape index (κ2) is 11.0. The molecule has 0 unspecified atom stereocenters. The predicted octanol–water partition coefficient (Wildman–Crippen LogP) is 5.97. The summed E-state index contributed by atoms with van der Waals surface area (Å²) in [5.74, 6) is 0.0379. The summed E-state index contributed by atoms with van der Waals surface area (Å²) in [6.45, 7) is 6.14. The SMILES string of the molecule is CCOc1cc(/C=C(\C#N)C(=O)Nc2ccc(C)cc2C)ccc1OCc1ccccc1F. The topological polar surface area (TPSA) is 71.3 Å². The van der Waals surface area contributed by atoms with Gasteiger partial charge in [0.15, 0.2) is 11.5 Å². The summed E-state index contributed by atoms with van der Waals surface area (Å²) in [6.07, 6.45) is 1.49. The van der Waals surface area contributed by atoms with Crippen LogP contribution in [0.3, 0.4) is 0 Å². The molecule has 0 heterocycles. The quantitative estimate of drug-likeness (QED) is 0.343. The first kappa shape index (κ1) is 23.6. The number of nitriles is 1. The number of anilines is 1. The van der Waals surface area contributed by atoms with Crippen LogP contribution in [0.25, 0.3) is 6.08 Å². The Morgan fingerprint density at radius 2 is 1.85 bits per heavy atom. The molecule has 0 atom stereocenters. The Morgan fingerprint density at radius 1 is 1.06 bits per heavy atom. The first-order chi connectivity index (χ1) is 15.9. The van der Waals surface area contributed by atoms with E-state index in [1.54, 1.807) is 36.4 Å². The molecule has 5 nitrogen and oxygen atoms in total. The van der Waals surface area contributed by atoms with Gasteiger partial charge in [-0.05, 0) is 62.2 Å². The van der Waals surface area contributed by atoms with Gasteiger partial charge in [0.1, 0.15) is 24.1 Å². The average molecular weight is 445 g/mol. The first-order valence-corrected chi connectivity index (χ1v) is 10.5. The molecule has 0 aliphatic carbocycles. The van der Waals surface area contributed by atoms with Crippen molar-refractivity contribution in [2.24, 2.45) is 0 Å². The molecular weight excluding hydrogens is 419 g/mol. The third-order valence-corrected chi connectivity index (χ3v) is 4.91. The van der Waals surface area contributed by atoms with Gasteiger partial charge in [-0.1, -0.05) is 42.0 Å². The standard InChI is InChI=1S/C27H25FN2O3/c1-4-32-26-15-20(10-12-25(26)33-17-21-7-5-6-8-23(21)28)14-22(16-29)27(31)30-24-11-9-18(2)13-19(24)3/h5-15H,4,17H2,1-3H3,(H,30,31)/b22-14+. The van der Waals surface area contributed by atoms with Crippen molar-refractivity contribution in [2.45, 2.75) is 27.4 Å². The molecule has 3 aromatic carbocycles. The van der Waals surface area contributed by atoms with Crippen LogP contribution in [-0.4, -0.2) is 12.5 Å². The number of ether oxygens (including phenoxy) is 2. The fourth-order valence-corrected chi connectivity index (χ4v) is 3.23. The number of nitrogens with one attached hydrogen (secondary N) is 1. The molecule has 33 heavy (non-hydrogen) atoms. The van der Waals surface area contributed by atoms with Crippen molar-refractivity contribution in [3.8, 4) is 17.6 Å². The van der Waals surface area contributed by atoms with Crippen molar-refractivity contribution in [3.63, 3.8) is 0 Å². The van der Waals surface area contributed by atoms with Gasteiger partial charge in [0.2, 0.25) is 0 Å². The smallest absolute Gasteiger partial charge is 0.266 e. The van der Waals surface area contributed by atoms with E-state index < -0.39 is 5.91 Å². The molecule has 0 saturated heterocycles. The highest BCUT2D eigenvalue weighted by Crippen LogP contribution is 2.30. The second-order valence-electron chi connectivity index (χ2n) is 7.46. The minimum absolute atomic E-state index is 0.0440. The molecule has 0 bridgehead atoms. The van der Waals surface area contributed by atoms with Gasteiger partial charge < -0.3 is 14.8 Å². The summed E-state index contributed by atoms with van der Waals surface area (Å²) >= 11 is 0. The van der Waals surface area contributed by atoms with E-state index in [4.69, 9.17) is 9.47 Å². The number of hydrogen-bond acceptors (Lipinski definition) is 4. The van der Waals surface area contributed by atoms with Gasteiger partial charge >= 0.3 is 0 Å². The maximum absolute atomic E-state index is 13.9. The molecule has 0 aliphatic heterocycles. The molecule has 3 rings (SSSR count). The Hall–Kier alpha value is -4.11. The van der Waals surface area contributed by atoms with E-state index in [-0.39, 0.29) is 18.0 Å². The van der Waals surface area contributed by atoms with Crippen LogP contribution < -0.4 is 14.8 Å². The molecule has 6 heteroatoms. The van der Waals surface area contributed by atoms with Crippen molar-refractivity contribution < 1.29 is 18.7 Å². The summed E-state index contributed by atoms with van der Waals surface area (Å²) in [5, 5.41) is 12.3. The number of aryl methyl sites for hydroxylation is 2. The van der Waals surface area contributed by atoms with Crippen LogP contribution in [0.5, 0.6) is 11.5 Å². The number of amides is 1. The largest absolute Gasteiger partial charge is 0.490 e. The molecule has 0 fully saturated rings. The lowest BCUT2D eigenvalue weighted by Gasteiger charge is -2.13. The third-order valence-electron chi connectivity index (χ3n) is 4.91. The summed E-state index contributed by atoms with van der Waals surface area (Å²) in [4.78, 5) is 12.7. The van der Waals surface area contributed by atoms with Gasteiger partial charge in [0, 0.05) is 11.3 Å². The Morgan fingerprint density at radius 3 is 2.55 bits per heavy atom. The lowest BCUT2D eigenvalue weighted by atomic mass is 10.1. The predicted molar refractivity (Wildman–Crippen MR) is 126 cm³/mol. The van der Waals surface area contributed by atoms with E-state index in [9.17, 15) is 14.4 Å². The highest BCUT2D eigenvalue weighted by atomic mass is 19.1. The zero-order chi connectivity index (χ0) is 23.8. The van der Waals surface area contributed by atoms with E-state index >= 15 is 0 Å². The molecule has 3 aromatic rings. The number of hydrogen-bond donors (Lipinski definition) is 1. The Kier molecular flexibility index (Phi) is 7.82. The Labute approximate surface area is 193 Å². The number of halogens is 1. The van der Waals surface area contributed by atoms with Crippen LogP contribution in [0.15, 0.2) is 66.2 Å². The Bertz CT molecular complexity index is 1230. The van der Waals surface area contributed by atoms with Gasteiger partial charge in [-0.25, -0.2) is 4.39 Å². The van der Waals surface area contributed by atoms with E-state index in [1.165, 1.54) is 12.1 Å². The lowest BCUT2D eigenvalue weighted by molar-refractivity contribution is -0.112. The highest BCUT2D eigenvalue weighted by Gasteiger charge is 2.13. The molecule has 168 valence electrons. The third kappa shape index (κ3) is 6.20. The van der Waals surface area contributed by atoms with Gasteiger partial charge in [-0.2, -0.15) is 5.26 Å². The van der Waals surface area contributed by atoms with E-state index in [2.05, 4.69) is 5.32 Å². The van der Waals surface area contributed by atoms with Crippen LogP contribution >= 0.6 is 0 Å². The van der Waals surface area contributed by atoms with Gasteiger partial charge in [0.05, 0.1) is 6.61 Å². The summed E-state index contributed by atoms with van der Waals surface area (Å²) < 4.78 is 25.3. The van der Waals surface area contributed by atoms with Crippen molar-refractivity contribution >= 4 is 17.7 Å². The minimum atomic E-state index is -0.498. The van der Waals surface area contributed by atoms with Crippen LogP contribution in [0.4, 0.5) is 10.1 Å². The molecular formula is C27H25FN2O3. The summed E-state index contributed by atoms with van der Waals surface area (Å²) in [7, 11) is 0.